The molecule has 0 aromatic carbocycles. The standard InChI is InChI=1S/C21H35N3O5/c1-8-12-15(22-29-13-9-2)17-16(23-27-10-3)14-21(5,6)18(20(25)26-7)19(17)24-28-11-4/h9,17-18H,2,8,10-14H2,1,3-7H3/b22-15-,23-16-,24-19-/t17-,18+/m0/s1. The lowest BCUT2D eigenvalue weighted by Crippen LogP contribution is -2.52. The number of hydrogen-bond acceptors (Lipinski definition) is 8. The maximum atomic E-state index is 12.7. The van der Waals surface area contributed by atoms with Gasteiger partial charge in [-0.2, -0.15) is 0 Å². The van der Waals surface area contributed by atoms with Crippen LogP contribution in [-0.4, -0.2) is 50.0 Å². The maximum Gasteiger partial charge on any atom is 0.315 e. The van der Waals surface area contributed by atoms with Gasteiger partial charge in [-0.15, -0.1) is 0 Å². The predicted octanol–water partition coefficient (Wildman–Crippen LogP) is 3.97. The summed E-state index contributed by atoms with van der Waals surface area (Å²) in [4.78, 5) is 28.9. The molecule has 0 N–H and O–H groups in total. The smallest absolute Gasteiger partial charge is 0.315 e. The van der Waals surface area contributed by atoms with Gasteiger partial charge < -0.3 is 19.2 Å². The summed E-state index contributed by atoms with van der Waals surface area (Å²) in [5.41, 5.74) is 1.48. The zero-order valence-electron chi connectivity index (χ0n) is 18.6. The van der Waals surface area contributed by atoms with Gasteiger partial charge in [0.25, 0.3) is 0 Å². The Balaban J connectivity index is 3.62. The summed E-state index contributed by atoms with van der Waals surface area (Å²) in [6.45, 7) is 14.5. The summed E-state index contributed by atoms with van der Waals surface area (Å²) >= 11 is 0. The Morgan fingerprint density at radius 2 is 1.83 bits per heavy atom. The van der Waals surface area contributed by atoms with Crippen molar-refractivity contribution >= 4 is 23.1 Å². The van der Waals surface area contributed by atoms with E-state index in [-0.39, 0.29) is 12.6 Å². The molecule has 1 rings (SSSR count). The number of esters is 1. The number of carbonyl (C=O) groups excluding carboxylic acids is 1. The van der Waals surface area contributed by atoms with E-state index < -0.39 is 17.3 Å². The molecule has 0 bridgehead atoms. The molecule has 0 aliphatic heterocycles. The Bertz CT molecular complexity index is 640. The normalized spacial score (nSPS) is 24.3. The van der Waals surface area contributed by atoms with E-state index in [1.165, 1.54) is 7.11 Å². The van der Waals surface area contributed by atoms with E-state index in [1.807, 2.05) is 34.6 Å². The van der Waals surface area contributed by atoms with Gasteiger partial charge in [0, 0.05) is 0 Å². The van der Waals surface area contributed by atoms with Gasteiger partial charge >= 0.3 is 5.97 Å². The summed E-state index contributed by atoms with van der Waals surface area (Å²) in [6, 6.07) is 0. The molecular weight excluding hydrogens is 374 g/mol. The van der Waals surface area contributed by atoms with E-state index in [0.29, 0.717) is 31.8 Å². The number of nitrogens with zero attached hydrogens (tertiary/aromatic N) is 3. The highest BCUT2D eigenvalue weighted by Gasteiger charge is 2.51. The summed E-state index contributed by atoms with van der Waals surface area (Å²) in [7, 11) is 1.38. The summed E-state index contributed by atoms with van der Waals surface area (Å²) < 4.78 is 5.11. The van der Waals surface area contributed by atoms with Crippen LogP contribution in [0.25, 0.3) is 0 Å². The van der Waals surface area contributed by atoms with Crippen molar-refractivity contribution in [2.75, 3.05) is 26.9 Å². The van der Waals surface area contributed by atoms with Crippen LogP contribution < -0.4 is 0 Å². The number of oxime groups is 3. The van der Waals surface area contributed by atoms with Crippen molar-refractivity contribution in [2.24, 2.45) is 32.7 Å². The summed E-state index contributed by atoms with van der Waals surface area (Å²) in [5, 5.41) is 13.0. The molecule has 2 atom stereocenters. The zero-order valence-corrected chi connectivity index (χ0v) is 18.6. The van der Waals surface area contributed by atoms with Gasteiger partial charge in [-0.05, 0) is 32.1 Å². The molecule has 1 fully saturated rings. The second-order valence-corrected chi connectivity index (χ2v) is 7.41. The minimum absolute atomic E-state index is 0.279. The van der Waals surface area contributed by atoms with Gasteiger partial charge in [0.2, 0.25) is 0 Å². The number of ether oxygens (including phenoxy) is 1. The van der Waals surface area contributed by atoms with Crippen molar-refractivity contribution in [2.45, 2.75) is 53.9 Å². The molecule has 0 saturated heterocycles. The molecular formula is C21H35N3O5. The molecule has 29 heavy (non-hydrogen) atoms. The molecule has 8 nitrogen and oxygen atoms in total. The molecule has 1 aliphatic rings. The van der Waals surface area contributed by atoms with Gasteiger partial charge in [0.15, 0.2) is 0 Å². The second kappa shape index (κ2) is 12.2. The molecule has 8 heteroatoms. The average molecular weight is 410 g/mol. The first kappa shape index (κ1) is 24.7. The lowest BCUT2D eigenvalue weighted by atomic mass is 9.62. The van der Waals surface area contributed by atoms with Crippen LogP contribution >= 0.6 is 0 Å². The van der Waals surface area contributed by atoms with Gasteiger partial charge in [-0.1, -0.05) is 55.3 Å². The van der Waals surface area contributed by atoms with Gasteiger partial charge in [0.1, 0.15) is 25.7 Å². The zero-order chi connectivity index (χ0) is 21.9. The van der Waals surface area contributed by atoms with Crippen LogP contribution in [0.5, 0.6) is 0 Å². The highest BCUT2D eigenvalue weighted by molar-refractivity contribution is 6.29. The molecule has 0 aromatic rings. The molecule has 0 radical (unpaired) electrons. The average Bonchev–Trinajstić information content (AvgIpc) is 2.69. The number of methoxy groups -OCH3 is 1. The van der Waals surface area contributed by atoms with Gasteiger partial charge in [-0.3, -0.25) is 4.79 Å². The molecule has 164 valence electrons. The Hall–Kier alpha value is -2.38. The van der Waals surface area contributed by atoms with Crippen molar-refractivity contribution < 1.29 is 24.0 Å². The highest BCUT2D eigenvalue weighted by Crippen LogP contribution is 2.42. The topological polar surface area (TPSA) is 91.1 Å². The van der Waals surface area contributed by atoms with E-state index >= 15 is 0 Å². The number of rotatable bonds is 11. The predicted molar refractivity (Wildman–Crippen MR) is 114 cm³/mol. The van der Waals surface area contributed by atoms with E-state index in [4.69, 9.17) is 19.2 Å². The largest absolute Gasteiger partial charge is 0.468 e. The van der Waals surface area contributed by atoms with Gasteiger partial charge in [0.05, 0.1) is 30.2 Å². The first-order valence-electron chi connectivity index (χ1n) is 10.1. The van der Waals surface area contributed by atoms with Crippen LogP contribution in [0.3, 0.4) is 0 Å². The fourth-order valence-corrected chi connectivity index (χ4v) is 3.48. The van der Waals surface area contributed by atoms with Crippen LogP contribution in [0.1, 0.15) is 53.9 Å². The van der Waals surface area contributed by atoms with E-state index in [2.05, 4.69) is 22.0 Å². The van der Waals surface area contributed by atoms with Crippen molar-refractivity contribution in [1.82, 2.24) is 0 Å². The Labute approximate surface area is 174 Å². The first-order valence-corrected chi connectivity index (χ1v) is 10.1. The molecule has 0 amide bonds. The monoisotopic (exact) mass is 409 g/mol. The SMILES string of the molecule is C=CCO/N=C(/CCC)[C@H]1/C(=N\OCC)CC(C)(C)[C@@H](C(=O)OC)/C1=N\OCC. The van der Waals surface area contributed by atoms with E-state index in [9.17, 15) is 4.79 Å². The molecule has 0 heterocycles. The van der Waals surface area contributed by atoms with Crippen molar-refractivity contribution in [3.63, 3.8) is 0 Å². The third-order valence-electron chi connectivity index (χ3n) is 4.60. The Kier molecular flexibility index (Phi) is 10.4. The molecule has 0 spiro atoms. The van der Waals surface area contributed by atoms with Crippen LogP contribution in [0, 0.1) is 17.3 Å². The van der Waals surface area contributed by atoms with Crippen LogP contribution in [0.4, 0.5) is 0 Å². The third-order valence-corrected chi connectivity index (χ3v) is 4.60. The number of carbonyl (C=O) groups is 1. The van der Waals surface area contributed by atoms with Crippen LogP contribution in [-0.2, 0) is 24.0 Å². The maximum absolute atomic E-state index is 12.7. The summed E-state index contributed by atoms with van der Waals surface area (Å²) in [6.07, 6.45) is 3.63. The minimum Gasteiger partial charge on any atom is -0.468 e. The summed E-state index contributed by atoms with van der Waals surface area (Å²) in [5.74, 6) is -1.43. The molecule has 1 saturated carbocycles. The van der Waals surface area contributed by atoms with E-state index in [0.717, 1.165) is 17.8 Å². The lowest BCUT2D eigenvalue weighted by Gasteiger charge is -2.41. The molecule has 0 unspecified atom stereocenters. The van der Waals surface area contributed by atoms with Gasteiger partial charge in [-0.25, -0.2) is 0 Å². The molecule has 1 aliphatic carbocycles. The first-order chi connectivity index (χ1) is 13.9. The highest BCUT2D eigenvalue weighted by atomic mass is 16.6. The second-order valence-electron chi connectivity index (χ2n) is 7.41. The Morgan fingerprint density at radius 3 is 2.38 bits per heavy atom. The van der Waals surface area contributed by atoms with Crippen molar-refractivity contribution in [3.8, 4) is 0 Å². The number of hydrogen-bond donors (Lipinski definition) is 0. The van der Waals surface area contributed by atoms with Crippen LogP contribution in [0.15, 0.2) is 28.1 Å². The minimum atomic E-state index is -0.605. The fourth-order valence-electron chi connectivity index (χ4n) is 3.48. The Morgan fingerprint density at radius 1 is 1.17 bits per heavy atom. The lowest BCUT2D eigenvalue weighted by molar-refractivity contribution is -0.146. The quantitative estimate of drug-likeness (QED) is 0.169. The van der Waals surface area contributed by atoms with Crippen molar-refractivity contribution in [3.05, 3.63) is 12.7 Å². The van der Waals surface area contributed by atoms with E-state index in [1.54, 1.807) is 6.08 Å². The third kappa shape index (κ3) is 6.58. The van der Waals surface area contributed by atoms with Crippen molar-refractivity contribution in [1.29, 1.82) is 0 Å². The molecule has 0 aromatic heterocycles. The van der Waals surface area contributed by atoms with Crippen LogP contribution in [0.2, 0.25) is 0 Å². The fraction of sp³-hybridized carbons (Fsp3) is 0.714.